The number of amides is 1. The van der Waals surface area contributed by atoms with Crippen molar-refractivity contribution in [3.05, 3.63) is 59.7 Å². The Kier molecular flexibility index (Phi) is 7.01. The maximum Gasteiger partial charge on any atom is 0.410 e. The van der Waals surface area contributed by atoms with Crippen LogP contribution in [-0.2, 0) is 11.3 Å². The van der Waals surface area contributed by atoms with Crippen LogP contribution in [0.2, 0.25) is 0 Å². The number of carbonyl (C=O) groups is 1. The third-order valence-corrected chi connectivity index (χ3v) is 4.73. The van der Waals surface area contributed by atoms with Gasteiger partial charge in [-0.25, -0.2) is 9.18 Å². The molecule has 3 rings (SSSR count). The zero-order chi connectivity index (χ0) is 22.4. The number of alkyl halides is 1. The predicted molar refractivity (Wildman–Crippen MR) is 114 cm³/mol. The van der Waals surface area contributed by atoms with Gasteiger partial charge in [0, 0.05) is 19.0 Å². The lowest BCUT2D eigenvalue weighted by molar-refractivity contribution is -0.0106. The largest absolute Gasteiger partial charge is 0.489 e. The number of nitrogens with zero attached hydrogens (tertiary/aromatic N) is 2. The molecule has 2 aromatic carbocycles. The third kappa shape index (κ3) is 6.35. The van der Waals surface area contributed by atoms with E-state index in [4.69, 9.17) is 14.2 Å². The molecule has 0 unspecified atom stereocenters. The number of rotatable bonds is 5. The smallest absolute Gasteiger partial charge is 0.410 e. The van der Waals surface area contributed by atoms with E-state index in [1.54, 1.807) is 39.0 Å². The summed E-state index contributed by atoms with van der Waals surface area (Å²) in [6.45, 7) is 5.86. The monoisotopic (exact) mass is 426 g/mol. The molecule has 164 valence electrons. The van der Waals surface area contributed by atoms with E-state index < -0.39 is 24.0 Å². The molecule has 1 amide bonds. The van der Waals surface area contributed by atoms with E-state index in [2.05, 4.69) is 6.07 Å². The molecule has 2 atom stereocenters. The lowest BCUT2D eigenvalue weighted by Crippen LogP contribution is -2.50. The van der Waals surface area contributed by atoms with E-state index in [9.17, 15) is 14.4 Å². The summed E-state index contributed by atoms with van der Waals surface area (Å²) in [4.78, 5) is 13.5. The van der Waals surface area contributed by atoms with Crippen LogP contribution in [0.5, 0.6) is 11.5 Å². The molecule has 1 fully saturated rings. The fourth-order valence-corrected chi connectivity index (χ4v) is 3.19. The second kappa shape index (κ2) is 9.69. The first-order valence-corrected chi connectivity index (χ1v) is 10.2. The van der Waals surface area contributed by atoms with E-state index >= 15 is 0 Å². The summed E-state index contributed by atoms with van der Waals surface area (Å²) >= 11 is 0. The minimum Gasteiger partial charge on any atom is -0.489 e. The molecule has 1 aliphatic rings. The number of piperidine rings is 1. The molecule has 0 aromatic heterocycles. The number of likely N-dealkylation sites (tertiary alicyclic amines) is 1. The number of halogens is 1. The van der Waals surface area contributed by atoms with Crippen molar-refractivity contribution in [2.75, 3.05) is 13.1 Å². The molecular weight excluding hydrogens is 399 g/mol. The number of nitriles is 1. The van der Waals surface area contributed by atoms with Crippen molar-refractivity contribution >= 4 is 6.09 Å². The number of hydrogen-bond donors (Lipinski definition) is 0. The summed E-state index contributed by atoms with van der Waals surface area (Å²) in [7, 11) is 0. The van der Waals surface area contributed by atoms with Gasteiger partial charge in [0.1, 0.15) is 35.9 Å². The Morgan fingerprint density at radius 2 is 1.97 bits per heavy atom. The van der Waals surface area contributed by atoms with Crippen LogP contribution >= 0.6 is 0 Å². The summed E-state index contributed by atoms with van der Waals surface area (Å²) < 4.78 is 31.8. The molecule has 0 radical (unpaired) electrons. The van der Waals surface area contributed by atoms with Gasteiger partial charge in [0.25, 0.3) is 0 Å². The van der Waals surface area contributed by atoms with Crippen molar-refractivity contribution in [1.29, 1.82) is 5.26 Å². The van der Waals surface area contributed by atoms with Crippen LogP contribution in [0.1, 0.15) is 38.3 Å². The maximum atomic E-state index is 14.8. The van der Waals surface area contributed by atoms with Gasteiger partial charge in [0.05, 0.1) is 12.1 Å². The highest BCUT2D eigenvalue weighted by atomic mass is 19.1. The molecule has 7 heteroatoms. The second-order valence-corrected chi connectivity index (χ2v) is 8.43. The Bertz CT molecular complexity index is 937. The molecule has 0 aliphatic carbocycles. The zero-order valence-corrected chi connectivity index (χ0v) is 18.0. The average Bonchev–Trinajstić information content (AvgIpc) is 2.73. The Balaban J connectivity index is 1.63. The lowest BCUT2D eigenvalue weighted by Gasteiger charge is -2.35. The maximum absolute atomic E-state index is 14.8. The molecule has 0 bridgehead atoms. The summed E-state index contributed by atoms with van der Waals surface area (Å²) in [6.07, 6.45) is -2.42. The van der Waals surface area contributed by atoms with Crippen LogP contribution in [0, 0.1) is 11.3 Å². The van der Waals surface area contributed by atoms with Gasteiger partial charge in [-0.05, 0) is 38.5 Å². The van der Waals surface area contributed by atoms with Gasteiger partial charge in [-0.3, -0.25) is 0 Å². The van der Waals surface area contributed by atoms with Gasteiger partial charge in [-0.15, -0.1) is 0 Å². The van der Waals surface area contributed by atoms with Crippen LogP contribution in [0.3, 0.4) is 0 Å². The first-order valence-electron chi connectivity index (χ1n) is 10.2. The van der Waals surface area contributed by atoms with Crippen molar-refractivity contribution in [2.45, 2.75) is 51.7 Å². The zero-order valence-electron chi connectivity index (χ0n) is 18.0. The molecule has 1 aliphatic heterocycles. The minimum absolute atomic E-state index is 0.119. The number of hydrogen-bond acceptors (Lipinski definition) is 5. The second-order valence-electron chi connectivity index (χ2n) is 8.43. The molecule has 1 heterocycles. The summed E-state index contributed by atoms with van der Waals surface area (Å²) in [6, 6.07) is 16.6. The molecule has 6 nitrogen and oxygen atoms in total. The lowest BCUT2D eigenvalue weighted by atomic mass is 10.1. The summed E-state index contributed by atoms with van der Waals surface area (Å²) in [5.41, 5.74) is 0.666. The van der Waals surface area contributed by atoms with Gasteiger partial charge < -0.3 is 19.1 Å². The predicted octanol–water partition coefficient (Wildman–Crippen LogP) is 4.86. The van der Waals surface area contributed by atoms with Crippen LogP contribution in [0.25, 0.3) is 0 Å². The molecule has 1 saturated heterocycles. The number of benzene rings is 2. The Morgan fingerprint density at radius 1 is 1.23 bits per heavy atom. The third-order valence-electron chi connectivity index (χ3n) is 4.73. The fraction of sp³-hybridized carbons (Fsp3) is 0.417. The number of carbonyl (C=O) groups excluding carboxylic acids is 1. The normalized spacial score (nSPS) is 18.7. The van der Waals surface area contributed by atoms with E-state index in [0.29, 0.717) is 30.9 Å². The van der Waals surface area contributed by atoms with Gasteiger partial charge in [-0.2, -0.15) is 5.26 Å². The van der Waals surface area contributed by atoms with Crippen LogP contribution in [-0.4, -0.2) is 42.0 Å². The highest BCUT2D eigenvalue weighted by Crippen LogP contribution is 2.29. The van der Waals surface area contributed by atoms with Crippen LogP contribution in [0.15, 0.2) is 48.5 Å². The first-order chi connectivity index (χ1) is 14.7. The highest BCUT2D eigenvalue weighted by Gasteiger charge is 2.35. The Morgan fingerprint density at radius 3 is 2.61 bits per heavy atom. The summed E-state index contributed by atoms with van der Waals surface area (Å²) in [5, 5.41) is 9.40. The van der Waals surface area contributed by atoms with Crippen LogP contribution < -0.4 is 9.47 Å². The topological polar surface area (TPSA) is 71.8 Å². The van der Waals surface area contributed by atoms with Gasteiger partial charge >= 0.3 is 6.09 Å². The molecule has 31 heavy (non-hydrogen) atoms. The fourth-order valence-electron chi connectivity index (χ4n) is 3.19. The highest BCUT2D eigenvalue weighted by molar-refractivity contribution is 5.68. The Hall–Kier alpha value is -3.27. The van der Waals surface area contributed by atoms with Crippen molar-refractivity contribution < 1.29 is 23.4 Å². The SMILES string of the molecule is CC(C)(C)OC(=O)N1CC[C@@H](Oc2cc(OCc3ccccc3)ccc2C#N)[C@@H](F)C1. The number of ether oxygens (including phenoxy) is 3. The standard InChI is InChI=1S/C24H27FN2O4/c1-24(2,3)31-23(28)27-12-11-21(20(25)15-27)30-22-13-19(10-9-18(22)14-26)29-16-17-7-5-4-6-8-17/h4-10,13,20-21H,11-12,15-16H2,1-3H3/t20-,21+/m0/s1. The molecule has 0 N–H and O–H groups in total. The first kappa shape index (κ1) is 22.4. The van der Waals surface area contributed by atoms with E-state index in [1.807, 2.05) is 30.3 Å². The molecule has 0 saturated carbocycles. The van der Waals surface area contributed by atoms with Crippen molar-refractivity contribution in [3.63, 3.8) is 0 Å². The average molecular weight is 426 g/mol. The van der Waals surface area contributed by atoms with Crippen molar-refractivity contribution in [1.82, 2.24) is 4.90 Å². The van der Waals surface area contributed by atoms with Gasteiger partial charge in [-0.1, -0.05) is 30.3 Å². The van der Waals surface area contributed by atoms with Crippen molar-refractivity contribution in [3.8, 4) is 17.6 Å². The van der Waals surface area contributed by atoms with E-state index in [1.165, 1.54) is 4.90 Å². The molecule has 0 spiro atoms. The molecular formula is C24H27FN2O4. The van der Waals surface area contributed by atoms with Gasteiger partial charge in [0.2, 0.25) is 0 Å². The van der Waals surface area contributed by atoms with Crippen LogP contribution in [0.4, 0.5) is 9.18 Å². The minimum atomic E-state index is -1.40. The molecule has 2 aromatic rings. The Labute approximate surface area is 182 Å². The van der Waals surface area contributed by atoms with Gasteiger partial charge in [0.15, 0.2) is 6.17 Å². The van der Waals surface area contributed by atoms with Crippen molar-refractivity contribution in [2.24, 2.45) is 0 Å². The summed E-state index contributed by atoms with van der Waals surface area (Å²) in [5.74, 6) is 0.797. The van der Waals surface area contributed by atoms with E-state index in [-0.39, 0.29) is 12.3 Å². The quantitative estimate of drug-likeness (QED) is 0.683. The van der Waals surface area contributed by atoms with E-state index in [0.717, 1.165) is 5.56 Å².